The van der Waals surface area contributed by atoms with Gasteiger partial charge in [0.25, 0.3) is 0 Å². The van der Waals surface area contributed by atoms with Gasteiger partial charge in [0.05, 0.1) is 7.32 Å². The zero-order valence-electron chi connectivity index (χ0n) is 3.13. The maximum atomic E-state index is 8.53. The molecule has 0 fully saturated rings. The third-order valence-electron chi connectivity index (χ3n) is 0. The molecular weight excluding hydrogens is 138 g/mol. The minimum absolute atomic E-state index is 0.875. The second-order valence-corrected chi connectivity index (χ2v) is 0.307. The molecule has 6 heavy (non-hydrogen) atoms. The Morgan fingerprint density at radius 3 is 1.50 bits per heavy atom. The van der Waals surface area contributed by atoms with Gasteiger partial charge in [0.2, 0.25) is 0 Å². The van der Waals surface area contributed by atoms with Gasteiger partial charge >= 0.3 is 23.0 Å². The van der Waals surface area contributed by atoms with Gasteiger partial charge in [-0.15, -0.1) is 0 Å². The molecule has 0 aromatic heterocycles. The average Bonchev–Trinajstić information content (AvgIpc) is 1.41. The molecule has 0 aliphatic carbocycles. The third-order valence-corrected chi connectivity index (χ3v) is 0. The van der Waals surface area contributed by atoms with Crippen LogP contribution in [-0.4, -0.2) is 12.3 Å². The molecule has 0 atom stereocenters. The van der Waals surface area contributed by atoms with Gasteiger partial charge in [-0.25, -0.2) is 0 Å². The molecule has 3 N–H and O–H groups in total. The van der Waals surface area contributed by atoms with Crippen molar-refractivity contribution in [1.29, 1.82) is 0 Å². The van der Waals surface area contributed by atoms with Crippen LogP contribution in [0.15, 0.2) is 0 Å². The fraction of sp³-hybridized carbons (Fsp3) is 0. The SMILES string of the molecule is [NH2][Zn+2].[O-]B([O-])O. The standard InChI is InChI=1S/BHO3.H2N.Zn/c2-1(3)4;;/h2H;1H2;/q-2;-1;+3. The Hall–Kier alpha value is 0.528. The summed E-state index contributed by atoms with van der Waals surface area (Å²) in [6, 6.07) is 0. The van der Waals surface area contributed by atoms with Crippen molar-refractivity contribution < 1.29 is 33.6 Å². The molecule has 0 heterocycles. The van der Waals surface area contributed by atoms with Crippen molar-refractivity contribution in [3.63, 3.8) is 0 Å². The van der Waals surface area contributed by atoms with Gasteiger partial charge in [0.1, 0.15) is 0 Å². The molecular formula is H3BNO3Zn. The molecule has 0 aromatic rings. The molecule has 0 radical (unpaired) electrons. The smallest absolute Gasteiger partial charge is 0.0554 e. The number of hydrogen-bond donors (Lipinski definition) is 2. The van der Waals surface area contributed by atoms with Crippen LogP contribution in [0.1, 0.15) is 0 Å². The van der Waals surface area contributed by atoms with Crippen LogP contribution < -0.4 is 14.5 Å². The number of rotatable bonds is 0. The summed E-state index contributed by atoms with van der Waals surface area (Å²) in [6.45, 7) is 0. The first kappa shape index (κ1) is 9.73. The molecule has 0 amide bonds. The van der Waals surface area contributed by atoms with Gasteiger partial charge in [0.15, 0.2) is 0 Å². The van der Waals surface area contributed by atoms with Crippen LogP contribution in [0.2, 0.25) is 0 Å². The zero-order valence-corrected chi connectivity index (χ0v) is 6.09. The molecule has 0 unspecified atom stereocenters. The van der Waals surface area contributed by atoms with Crippen molar-refractivity contribution in [1.82, 2.24) is 0 Å². The van der Waals surface area contributed by atoms with Gasteiger partial charge < -0.3 is 15.1 Å². The summed E-state index contributed by atoms with van der Waals surface area (Å²) in [7, 11) is -2.67. The van der Waals surface area contributed by atoms with E-state index < -0.39 is 7.32 Å². The van der Waals surface area contributed by atoms with Gasteiger partial charge in [-0.3, -0.25) is 0 Å². The van der Waals surface area contributed by atoms with Crippen molar-refractivity contribution >= 4 is 7.32 Å². The summed E-state index contributed by atoms with van der Waals surface area (Å²) in [5, 5.41) is 24.0. The normalized spacial score (nSPS) is 5.67. The Morgan fingerprint density at radius 1 is 1.50 bits per heavy atom. The average molecular weight is 141 g/mol. The summed E-state index contributed by atoms with van der Waals surface area (Å²) in [6.07, 6.45) is 0. The van der Waals surface area contributed by atoms with Crippen LogP contribution in [0.25, 0.3) is 0 Å². The van der Waals surface area contributed by atoms with E-state index in [1.807, 2.05) is 0 Å². The predicted octanol–water partition coefficient (Wildman–Crippen LogP) is -3.91. The first-order valence-electron chi connectivity index (χ1n) is 1.14. The second kappa shape index (κ2) is 9.11. The van der Waals surface area contributed by atoms with Crippen molar-refractivity contribution in [2.75, 3.05) is 0 Å². The Labute approximate surface area is 46.1 Å². The molecule has 31 valence electrons. The maximum Gasteiger partial charge on any atom is 0.0554 e. The molecule has 0 rings (SSSR count). The Morgan fingerprint density at radius 2 is 1.50 bits per heavy atom. The molecule has 4 nitrogen and oxygen atoms in total. The van der Waals surface area contributed by atoms with E-state index >= 15 is 0 Å². The van der Waals surface area contributed by atoms with E-state index in [1.165, 1.54) is 0 Å². The van der Waals surface area contributed by atoms with E-state index in [-0.39, 0.29) is 0 Å². The molecule has 0 saturated heterocycles. The van der Waals surface area contributed by atoms with E-state index in [1.54, 1.807) is 0 Å². The second-order valence-electron chi connectivity index (χ2n) is 0.307. The third kappa shape index (κ3) is 202. The van der Waals surface area contributed by atoms with Crippen LogP contribution in [-0.2, 0) is 18.5 Å². The summed E-state index contributed by atoms with van der Waals surface area (Å²) < 4.78 is 4.62. The minimum atomic E-state index is -2.67. The zero-order chi connectivity index (χ0) is 5.58. The number of hydrogen-bond acceptors (Lipinski definition) is 4. The fourth-order valence-corrected chi connectivity index (χ4v) is 0. The first-order chi connectivity index (χ1) is 2.73. The van der Waals surface area contributed by atoms with Crippen LogP contribution in [0.4, 0.5) is 0 Å². The quantitative estimate of drug-likeness (QED) is 0.337. The molecule has 0 aromatic carbocycles. The van der Waals surface area contributed by atoms with Gasteiger partial charge in [-0.05, 0) is 0 Å². The summed E-state index contributed by atoms with van der Waals surface area (Å²) >= 11 is 0.875. The van der Waals surface area contributed by atoms with E-state index in [2.05, 4.69) is 4.48 Å². The van der Waals surface area contributed by atoms with E-state index in [4.69, 9.17) is 15.1 Å². The molecule has 0 spiro atoms. The van der Waals surface area contributed by atoms with E-state index in [0.29, 0.717) is 0 Å². The first-order valence-corrected chi connectivity index (χ1v) is 2.85. The Kier molecular flexibility index (Phi) is 14.8. The maximum absolute atomic E-state index is 8.53. The van der Waals surface area contributed by atoms with Gasteiger partial charge in [-0.2, -0.15) is 0 Å². The van der Waals surface area contributed by atoms with Crippen LogP contribution >= 0.6 is 0 Å². The van der Waals surface area contributed by atoms with Crippen molar-refractivity contribution in [3.05, 3.63) is 0 Å². The summed E-state index contributed by atoms with van der Waals surface area (Å²) in [5.74, 6) is 0. The fourth-order valence-electron chi connectivity index (χ4n) is 0. The van der Waals surface area contributed by atoms with E-state index in [0.717, 1.165) is 18.5 Å². The number of nitrogens with two attached hydrogens (primary N) is 1. The Balaban J connectivity index is 0. The van der Waals surface area contributed by atoms with Crippen LogP contribution in [0.3, 0.4) is 0 Å². The van der Waals surface area contributed by atoms with Crippen molar-refractivity contribution in [2.45, 2.75) is 0 Å². The summed E-state index contributed by atoms with van der Waals surface area (Å²) in [4.78, 5) is 0. The molecule has 0 saturated carbocycles. The topological polar surface area (TPSA) is 92.4 Å². The Bertz CT molecular complexity index is 15.5. The van der Waals surface area contributed by atoms with Gasteiger partial charge in [0, 0.05) is 0 Å². The summed E-state index contributed by atoms with van der Waals surface area (Å²) in [5.41, 5.74) is 0. The van der Waals surface area contributed by atoms with Crippen molar-refractivity contribution in [2.24, 2.45) is 4.48 Å². The predicted molar refractivity (Wildman–Crippen MR) is 12.2 cm³/mol. The monoisotopic (exact) mass is 140 g/mol. The largest absolute Gasteiger partial charge is 0.871 e. The van der Waals surface area contributed by atoms with Crippen LogP contribution in [0.5, 0.6) is 0 Å². The van der Waals surface area contributed by atoms with Crippen molar-refractivity contribution in [3.8, 4) is 0 Å². The minimum Gasteiger partial charge on any atom is -0.871 e. The van der Waals surface area contributed by atoms with Crippen LogP contribution in [0, 0.1) is 0 Å². The molecule has 6 heteroatoms. The molecule has 0 aliphatic rings. The molecule has 0 aliphatic heterocycles. The van der Waals surface area contributed by atoms with E-state index in [9.17, 15) is 0 Å². The molecule has 0 bridgehead atoms. The van der Waals surface area contributed by atoms with Gasteiger partial charge in [-0.1, -0.05) is 0 Å².